The van der Waals surface area contributed by atoms with Crippen LogP contribution in [0.3, 0.4) is 0 Å². The smallest absolute Gasteiger partial charge is 0.291 e. The molecule has 2 atom stereocenters. The maximum atomic E-state index is 13.0. The molecule has 2 aromatic heterocycles. The molecule has 1 aromatic carbocycles. The van der Waals surface area contributed by atoms with Gasteiger partial charge < -0.3 is 9.64 Å². The number of H-pyrrole nitrogens is 1. The molecule has 1 N–H and O–H groups in total. The number of rotatable bonds is 4. The first kappa shape index (κ1) is 17.3. The molecule has 3 aromatic rings. The number of aromatic nitrogens is 6. The number of nitrogens with zero attached hydrogens (tertiary/aromatic N) is 6. The van der Waals surface area contributed by atoms with E-state index < -0.39 is 0 Å². The first-order chi connectivity index (χ1) is 13.1. The maximum Gasteiger partial charge on any atom is 0.291 e. The highest BCUT2D eigenvalue weighted by Crippen LogP contribution is 2.28. The Morgan fingerprint density at radius 3 is 2.63 bits per heavy atom. The second-order valence-electron chi connectivity index (χ2n) is 6.88. The van der Waals surface area contributed by atoms with E-state index in [0.29, 0.717) is 19.0 Å². The molecule has 1 fully saturated rings. The Bertz CT molecular complexity index is 892. The standard InChI is InChI=1S/C18H21N7O2/c1-12(2)14-8-24(9-15(27-14)13-6-4-3-5-7-13)17(26)16-21-18(23-22-16)25-10-19-20-11-25/h3-7,10-12,14-15H,8-9H2,1-2H3,(H,21,22,23)/t14-,15+/m1/s1. The van der Waals surface area contributed by atoms with Crippen LogP contribution in [0.2, 0.25) is 0 Å². The van der Waals surface area contributed by atoms with Crippen LogP contribution in [0.25, 0.3) is 5.95 Å². The zero-order valence-electron chi connectivity index (χ0n) is 15.2. The van der Waals surface area contributed by atoms with Crippen LogP contribution in [0, 0.1) is 5.92 Å². The summed E-state index contributed by atoms with van der Waals surface area (Å²) in [5.41, 5.74) is 1.06. The number of hydrogen-bond donors (Lipinski definition) is 1. The van der Waals surface area contributed by atoms with Crippen LogP contribution in [0.4, 0.5) is 0 Å². The van der Waals surface area contributed by atoms with Crippen molar-refractivity contribution in [2.45, 2.75) is 26.1 Å². The molecule has 9 nitrogen and oxygen atoms in total. The Hall–Kier alpha value is -3.07. The molecule has 140 valence electrons. The van der Waals surface area contributed by atoms with E-state index in [1.54, 1.807) is 4.90 Å². The van der Waals surface area contributed by atoms with E-state index in [1.165, 1.54) is 17.2 Å². The minimum atomic E-state index is -0.197. The van der Waals surface area contributed by atoms with Crippen LogP contribution >= 0.6 is 0 Å². The van der Waals surface area contributed by atoms with E-state index >= 15 is 0 Å². The molecule has 1 aliphatic rings. The average Bonchev–Trinajstić information content (AvgIpc) is 3.39. The van der Waals surface area contributed by atoms with Crippen molar-refractivity contribution in [2.75, 3.05) is 13.1 Å². The number of amides is 1. The lowest BCUT2D eigenvalue weighted by molar-refractivity contribution is -0.0956. The van der Waals surface area contributed by atoms with E-state index in [4.69, 9.17) is 4.74 Å². The van der Waals surface area contributed by atoms with Crippen molar-refractivity contribution in [3.63, 3.8) is 0 Å². The van der Waals surface area contributed by atoms with Gasteiger partial charge in [-0.2, -0.15) is 4.98 Å². The molecule has 0 unspecified atom stereocenters. The zero-order valence-corrected chi connectivity index (χ0v) is 15.2. The maximum absolute atomic E-state index is 13.0. The molecular weight excluding hydrogens is 346 g/mol. The van der Waals surface area contributed by atoms with Gasteiger partial charge in [-0.25, -0.2) is 0 Å². The Morgan fingerprint density at radius 2 is 1.93 bits per heavy atom. The van der Waals surface area contributed by atoms with Gasteiger partial charge in [0.05, 0.1) is 12.6 Å². The van der Waals surface area contributed by atoms with Gasteiger partial charge in [-0.3, -0.25) is 14.5 Å². The molecular formula is C18H21N7O2. The second-order valence-corrected chi connectivity index (χ2v) is 6.88. The fourth-order valence-corrected chi connectivity index (χ4v) is 3.09. The van der Waals surface area contributed by atoms with Crippen molar-refractivity contribution in [3.8, 4) is 5.95 Å². The number of hydrogen-bond acceptors (Lipinski definition) is 6. The largest absolute Gasteiger partial charge is 0.366 e. The van der Waals surface area contributed by atoms with Gasteiger partial charge in [0.25, 0.3) is 11.9 Å². The lowest BCUT2D eigenvalue weighted by Gasteiger charge is -2.39. The number of carbonyl (C=O) groups is 1. The topological polar surface area (TPSA) is 102 Å². The van der Waals surface area contributed by atoms with Crippen LogP contribution in [0.15, 0.2) is 43.0 Å². The fraction of sp³-hybridized carbons (Fsp3) is 0.389. The van der Waals surface area contributed by atoms with Gasteiger partial charge in [0.15, 0.2) is 0 Å². The Kier molecular flexibility index (Phi) is 4.68. The zero-order chi connectivity index (χ0) is 18.8. The van der Waals surface area contributed by atoms with Crippen molar-refractivity contribution in [2.24, 2.45) is 5.92 Å². The number of nitrogens with one attached hydrogen (secondary N) is 1. The van der Waals surface area contributed by atoms with Crippen LogP contribution in [-0.2, 0) is 4.74 Å². The molecule has 1 aliphatic heterocycles. The number of morpholine rings is 1. The van der Waals surface area contributed by atoms with Crippen molar-refractivity contribution in [3.05, 3.63) is 54.4 Å². The van der Waals surface area contributed by atoms with Crippen molar-refractivity contribution in [1.29, 1.82) is 0 Å². The summed E-state index contributed by atoms with van der Waals surface area (Å²) in [6, 6.07) is 9.97. The lowest BCUT2D eigenvalue weighted by atomic mass is 10.0. The van der Waals surface area contributed by atoms with Crippen molar-refractivity contribution < 1.29 is 9.53 Å². The monoisotopic (exact) mass is 367 g/mol. The van der Waals surface area contributed by atoms with E-state index in [2.05, 4.69) is 39.2 Å². The van der Waals surface area contributed by atoms with E-state index in [-0.39, 0.29) is 29.9 Å². The summed E-state index contributed by atoms with van der Waals surface area (Å²) in [5, 5.41) is 14.2. The third-order valence-electron chi connectivity index (χ3n) is 4.65. The second kappa shape index (κ2) is 7.28. The van der Waals surface area contributed by atoms with Crippen LogP contribution in [-0.4, -0.2) is 59.9 Å². The molecule has 0 radical (unpaired) electrons. The van der Waals surface area contributed by atoms with Gasteiger partial charge >= 0.3 is 0 Å². The third-order valence-corrected chi connectivity index (χ3v) is 4.65. The quantitative estimate of drug-likeness (QED) is 0.752. The predicted octanol–water partition coefficient (Wildman–Crippen LogP) is 1.62. The van der Waals surface area contributed by atoms with E-state index in [0.717, 1.165) is 5.56 Å². The van der Waals surface area contributed by atoms with Crippen molar-refractivity contribution >= 4 is 5.91 Å². The molecule has 27 heavy (non-hydrogen) atoms. The molecule has 1 amide bonds. The number of aromatic amines is 1. The van der Waals surface area contributed by atoms with E-state index in [9.17, 15) is 4.79 Å². The highest BCUT2D eigenvalue weighted by Gasteiger charge is 2.34. The number of carbonyl (C=O) groups excluding carboxylic acids is 1. The van der Waals surface area contributed by atoms with E-state index in [1.807, 2.05) is 30.3 Å². The van der Waals surface area contributed by atoms with Gasteiger partial charge in [-0.15, -0.1) is 15.3 Å². The Morgan fingerprint density at radius 1 is 1.19 bits per heavy atom. The molecule has 9 heteroatoms. The summed E-state index contributed by atoms with van der Waals surface area (Å²) in [5.74, 6) is 0.609. The molecule has 3 heterocycles. The normalized spacial score (nSPS) is 20.2. The highest BCUT2D eigenvalue weighted by molar-refractivity contribution is 5.90. The molecule has 4 rings (SSSR count). The lowest BCUT2D eigenvalue weighted by Crippen LogP contribution is -2.48. The van der Waals surface area contributed by atoms with Crippen molar-refractivity contribution in [1.82, 2.24) is 34.8 Å². The first-order valence-electron chi connectivity index (χ1n) is 8.89. The fourth-order valence-electron chi connectivity index (χ4n) is 3.09. The average molecular weight is 367 g/mol. The van der Waals surface area contributed by atoms with Gasteiger partial charge in [0.2, 0.25) is 5.82 Å². The summed E-state index contributed by atoms with van der Waals surface area (Å²) < 4.78 is 7.79. The van der Waals surface area contributed by atoms with Gasteiger partial charge in [-0.1, -0.05) is 44.2 Å². The molecule has 0 spiro atoms. The van der Waals surface area contributed by atoms with Gasteiger partial charge in [0.1, 0.15) is 18.8 Å². The van der Waals surface area contributed by atoms with Crippen LogP contribution in [0.5, 0.6) is 0 Å². The summed E-state index contributed by atoms with van der Waals surface area (Å²) >= 11 is 0. The SMILES string of the molecule is CC(C)[C@H]1CN(C(=O)c2nc(-n3cnnc3)n[nH]2)C[C@@H](c2ccccc2)O1. The van der Waals surface area contributed by atoms with Gasteiger partial charge in [-0.05, 0) is 11.5 Å². The highest BCUT2D eigenvalue weighted by atomic mass is 16.5. The third kappa shape index (κ3) is 3.59. The first-order valence-corrected chi connectivity index (χ1v) is 8.89. The Labute approximate surface area is 156 Å². The molecule has 0 bridgehead atoms. The molecule has 0 saturated carbocycles. The minimum absolute atomic E-state index is 0.0480. The molecule has 1 saturated heterocycles. The van der Waals surface area contributed by atoms with Crippen LogP contribution in [0.1, 0.15) is 36.1 Å². The summed E-state index contributed by atoms with van der Waals surface area (Å²) in [4.78, 5) is 19.1. The summed E-state index contributed by atoms with van der Waals surface area (Å²) in [7, 11) is 0. The predicted molar refractivity (Wildman–Crippen MR) is 96.1 cm³/mol. The van der Waals surface area contributed by atoms with Crippen LogP contribution < -0.4 is 0 Å². The number of ether oxygens (including phenoxy) is 1. The molecule has 0 aliphatic carbocycles. The Balaban J connectivity index is 1.56. The summed E-state index contributed by atoms with van der Waals surface area (Å²) in [6.07, 6.45) is 2.74. The summed E-state index contributed by atoms with van der Waals surface area (Å²) in [6.45, 7) is 5.18. The minimum Gasteiger partial charge on any atom is -0.366 e. The van der Waals surface area contributed by atoms with Gasteiger partial charge in [0, 0.05) is 6.54 Å². The number of benzene rings is 1.